The summed E-state index contributed by atoms with van der Waals surface area (Å²) >= 11 is 1.97. The highest BCUT2D eigenvalue weighted by atomic mass is 127. The van der Waals surface area contributed by atoms with Crippen molar-refractivity contribution in [3.05, 3.63) is 45.5 Å². The third-order valence-electron chi connectivity index (χ3n) is 3.52. The minimum atomic E-state index is -0.553. The van der Waals surface area contributed by atoms with Gasteiger partial charge in [0.1, 0.15) is 12.2 Å². The lowest BCUT2D eigenvalue weighted by Crippen LogP contribution is -2.24. The van der Waals surface area contributed by atoms with E-state index in [0.717, 1.165) is 0 Å². The molecule has 2 aromatic rings. The molecule has 2 amide bonds. The zero-order valence-corrected chi connectivity index (χ0v) is 18.2. The number of rotatable bonds is 9. The predicted octanol–water partition coefficient (Wildman–Crippen LogP) is 3.27. The van der Waals surface area contributed by atoms with E-state index >= 15 is 0 Å². The van der Waals surface area contributed by atoms with Gasteiger partial charge in [0.15, 0.2) is 11.5 Å². The highest BCUT2D eigenvalue weighted by Gasteiger charge is 2.10. The number of anilines is 1. The van der Waals surface area contributed by atoms with Crippen LogP contribution in [0.5, 0.6) is 17.2 Å². The van der Waals surface area contributed by atoms with Crippen molar-refractivity contribution in [1.29, 1.82) is 0 Å². The van der Waals surface area contributed by atoms with Gasteiger partial charge in [-0.25, -0.2) is 5.43 Å². The average molecular weight is 511 g/mol. The largest absolute Gasteiger partial charge is 0.504 e. The number of phenols is 1. The Labute approximate surface area is 182 Å². The molecule has 0 atom stereocenters. The van der Waals surface area contributed by atoms with Gasteiger partial charge in [-0.1, -0.05) is 0 Å². The number of nitrogens with zero attached hydrogens (tertiary/aromatic N) is 1. The molecule has 29 heavy (non-hydrogen) atoms. The second kappa shape index (κ2) is 11.2. The topological polar surface area (TPSA) is 109 Å². The molecule has 0 aliphatic rings. The molecule has 0 spiro atoms. The fourth-order valence-corrected chi connectivity index (χ4v) is 2.93. The van der Waals surface area contributed by atoms with Crippen molar-refractivity contribution in [1.82, 2.24) is 5.43 Å². The number of hydrogen-bond donors (Lipinski definition) is 3. The summed E-state index contributed by atoms with van der Waals surface area (Å²) in [7, 11) is 0. The molecular weight excluding hydrogens is 489 g/mol. The molecule has 2 rings (SSSR count). The second-order valence-corrected chi connectivity index (χ2v) is 6.92. The fraction of sp³-hybridized carbons (Fsp3) is 0.250. The maximum absolute atomic E-state index is 12.0. The number of phenolic OH excluding ortho intramolecular Hbond substituents is 1. The Kier molecular flexibility index (Phi) is 8.71. The quantitative estimate of drug-likeness (QED) is 0.207. The maximum atomic E-state index is 12.0. The van der Waals surface area contributed by atoms with Crippen molar-refractivity contribution in [3.63, 3.8) is 0 Å². The molecule has 0 aliphatic carbocycles. The van der Waals surface area contributed by atoms with E-state index < -0.39 is 11.8 Å². The number of benzene rings is 2. The molecule has 9 heteroatoms. The Bertz CT molecular complexity index is 884. The number of aromatic hydroxyl groups is 1. The van der Waals surface area contributed by atoms with Crippen LogP contribution in [0.15, 0.2) is 41.5 Å². The highest BCUT2D eigenvalue weighted by molar-refractivity contribution is 14.1. The Morgan fingerprint density at radius 3 is 2.45 bits per heavy atom. The van der Waals surface area contributed by atoms with E-state index in [1.165, 1.54) is 6.21 Å². The van der Waals surface area contributed by atoms with Crippen LogP contribution in [0.3, 0.4) is 0 Å². The summed E-state index contributed by atoms with van der Waals surface area (Å²) in [5.41, 5.74) is 3.50. The Balaban J connectivity index is 1.86. The van der Waals surface area contributed by atoms with Gasteiger partial charge in [0.05, 0.1) is 23.0 Å². The van der Waals surface area contributed by atoms with Crippen molar-refractivity contribution in [2.75, 3.05) is 18.5 Å². The van der Waals surface area contributed by atoms with Crippen molar-refractivity contribution in [3.8, 4) is 17.2 Å². The van der Waals surface area contributed by atoms with Crippen LogP contribution in [0.25, 0.3) is 0 Å². The molecule has 0 unspecified atom stereocenters. The zero-order valence-electron chi connectivity index (χ0n) is 16.1. The minimum Gasteiger partial charge on any atom is -0.504 e. The molecule has 0 fully saturated rings. The number of hydrogen-bond acceptors (Lipinski definition) is 6. The van der Waals surface area contributed by atoms with E-state index in [-0.39, 0.29) is 12.2 Å². The van der Waals surface area contributed by atoms with Gasteiger partial charge < -0.3 is 19.9 Å². The molecule has 2 aromatic carbocycles. The van der Waals surface area contributed by atoms with Crippen molar-refractivity contribution >= 4 is 46.3 Å². The summed E-state index contributed by atoms with van der Waals surface area (Å²) in [6.07, 6.45) is 1.04. The van der Waals surface area contributed by atoms with Gasteiger partial charge in [-0.2, -0.15) is 5.10 Å². The first-order valence-corrected chi connectivity index (χ1v) is 10.0. The first-order chi connectivity index (χ1) is 13.9. The molecule has 0 aliphatic heterocycles. The number of carbonyl (C=O) groups is 2. The molecule has 0 saturated carbocycles. The molecule has 0 aromatic heterocycles. The van der Waals surface area contributed by atoms with Gasteiger partial charge in [0.2, 0.25) is 11.8 Å². The molecule has 0 radical (unpaired) electrons. The monoisotopic (exact) mass is 511 g/mol. The maximum Gasteiger partial charge on any atom is 0.249 e. The van der Waals surface area contributed by atoms with Gasteiger partial charge in [-0.05, 0) is 78.4 Å². The summed E-state index contributed by atoms with van der Waals surface area (Å²) in [5, 5.41) is 16.4. The van der Waals surface area contributed by atoms with Crippen LogP contribution >= 0.6 is 22.6 Å². The van der Waals surface area contributed by atoms with E-state index in [2.05, 4.69) is 15.8 Å². The van der Waals surface area contributed by atoms with Crippen LogP contribution in [0.2, 0.25) is 0 Å². The summed E-state index contributed by atoms with van der Waals surface area (Å²) in [6.45, 7) is 4.66. The number of ether oxygens (including phenoxy) is 2. The number of nitrogens with one attached hydrogen (secondary N) is 2. The Hall–Kier alpha value is -2.82. The van der Waals surface area contributed by atoms with Gasteiger partial charge in [-0.3, -0.25) is 9.59 Å². The van der Waals surface area contributed by atoms with Crippen LogP contribution in [0.4, 0.5) is 5.69 Å². The normalized spacial score (nSPS) is 10.6. The summed E-state index contributed by atoms with van der Waals surface area (Å²) < 4.78 is 11.3. The summed E-state index contributed by atoms with van der Waals surface area (Å²) in [6, 6.07) is 10.2. The van der Waals surface area contributed by atoms with Gasteiger partial charge in [0.25, 0.3) is 0 Å². The molecule has 0 heterocycles. The van der Waals surface area contributed by atoms with E-state index in [1.54, 1.807) is 36.4 Å². The molecule has 154 valence electrons. The summed E-state index contributed by atoms with van der Waals surface area (Å²) in [4.78, 5) is 23.9. The van der Waals surface area contributed by atoms with E-state index in [1.807, 2.05) is 36.4 Å². The first kappa shape index (κ1) is 22.5. The molecule has 0 bridgehead atoms. The molecular formula is C20H22IN3O5. The van der Waals surface area contributed by atoms with E-state index in [0.29, 0.717) is 39.5 Å². The lowest BCUT2D eigenvalue weighted by Gasteiger charge is -2.08. The Morgan fingerprint density at radius 2 is 1.79 bits per heavy atom. The Morgan fingerprint density at radius 1 is 1.10 bits per heavy atom. The standard InChI is InChI=1S/C20H22IN3O5/c1-3-28-15-7-5-14(6-8-15)23-18(25)11-19(26)24-22-12-13-9-16(21)20(27)17(10-13)29-4-2/h5-10,12,27H,3-4,11H2,1-2H3,(H,23,25)(H,24,26). The lowest BCUT2D eigenvalue weighted by atomic mass is 10.2. The van der Waals surface area contributed by atoms with Crippen molar-refractivity contribution in [2.24, 2.45) is 5.10 Å². The number of hydrazone groups is 1. The molecule has 8 nitrogen and oxygen atoms in total. The van der Waals surface area contributed by atoms with Crippen molar-refractivity contribution in [2.45, 2.75) is 20.3 Å². The van der Waals surface area contributed by atoms with Crippen LogP contribution in [-0.2, 0) is 9.59 Å². The number of amides is 2. The van der Waals surface area contributed by atoms with E-state index in [9.17, 15) is 14.7 Å². The summed E-state index contributed by atoms with van der Waals surface area (Å²) in [5.74, 6) is 0.0818. The zero-order chi connectivity index (χ0) is 21.2. The third kappa shape index (κ3) is 7.26. The van der Waals surface area contributed by atoms with E-state index in [4.69, 9.17) is 9.47 Å². The smallest absolute Gasteiger partial charge is 0.249 e. The van der Waals surface area contributed by atoms with Crippen LogP contribution in [0, 0.1) is 3.57 Å². The molecule has 0 saturated heterocycles. The average Bonchev–Trinajstić information content (AvgIpc) is 2.67. The highest BCUT2D eigenvalue weighted by Crippen LogP contribution is 2.32. The van der Waals surface area contributed by atoms with Gasteiger partial charge in [0, 0.05) is 5.69 Å². The van der Waals surface area contributed by atoms with Gasteiger partial charge >= 0.3 is 0 Å². The number of carbonyl (C=O) groups excluding carboxylic acids is 2. The lowest BCUT2D eigenvalue weighted by molar-refractivity contribution is -0.126. The van der Waals surface area contributed by atoms with Crippen molar-refractivity contribution < 1.29 is 24.2 Å². The second-order valence-electron chi connectivity index (χ2n) is 5.76. The van der Waals surface area contributed by atoms with Crippen LogP contribution in [-0.4, -0.2) is 36.3 Å². The van der Waals surface area contributed by atoms with Crippen LogP contribution < -0.4 is 20.2 Å². The predicted molar refractivity (Wildman–Crippen MR) is 119 cm³/mol. The van der Waals surface area contributed by atoms with Gasteiger partial charge in [-0.15, -0.1) is 0 Å². The first-order valence-electron chi connectivity index (χ1n) is 8.92. The minimum absolute atomic E-state index is 0.0552. The fourth-order valence-electron chi connectivity index (χ4n) is 2.30. The molecule has 3 N–H and O–H groups in total. The number of halogens is 1. The third-order valence-corrected chi connectivity index (χ3v) is 4.35. The van der Waals surface area contributed by atoms with Crippen LogP contribution in [0.1, 0.15) is 25.8 Å². The SMILES string of the molecule is CCOc1ccc(NC(=O)CC(=O)NN=Cc2cc(I)c(O)c(OCC)c2)cc1.